The molecule has 3 rings (SSSR count). The van der Waals surface area contributed by atoms with Gasteiger partial charge in [-0.15, -0.1) is 0 Å². The molecule has 0 saturated carbocycles. The van der Waals surface area contributed by atoms with E-state index >= 15 is 0 Å². The van der Waals surface area contributed by atoms with Crippen LogP contribution in [0.25, 0.3) is 21.9 Å². The second-order valence-electron chi connectivity index (χ2n) is 4.90. The van der Waals surface area contributed by atoms with Crippen LogP contribution in [0.2, 0.25) is 0 Å². The van der Waals surface area contributed by atoms with Gasteiger partial charge in [0.05, 0.1) is 12.7 Å². The van der Waals surface area contributed by atoms with Gasteiger partial charge in [-0.05, 0) is 34.0 Å². The number of nitrogens with two attached hydrogens (primary N) is 1. The number of hydrogen-bond donors (Lipinski definition) is 1. The lowest BCUT2D eigenvalue weighted by molar-refractivity contribution is 0.0996. The molecule has 0 atom stereocenters. The van der Waals surface area contributed by atoms with Crippen molar-refractivity contribution in [2.24, 2.45) is 5.73 Å². The van der Waals surface area contributed by atoms with Gasteiger partial charge in [-0.25, -0.2) is 4.39 Å². The predicted octanol–water partition coefficient (Wildman–Crippen LogP) is 3.75. The normalized spacial score (nSPS) is 10.6. The second-order valence-corrected chi connectivity index (χ2v) is 4.90. The molecular formula is C18H14FNO2. The Hall–Kier alpha value is -2.88. The number of carbonyl (C=O) groups excluding carboxylic acids is 1. The number of benzene rings is 3. The number of rotatable bonds is 3. The lowest BCUT2D eigenvalue weighted by Gasteiger charge is -2.13. The molecule has 4 heteroatoms. The largest absolute Gasteiger partial charge is 0.494 e. The Morgan fingerprint density at radius 3 is 2.45 bits per heavy atom. The summed E-state index contributed by atoms with van der Waals surface area (Å²) in [6.45, 7) is 0. The van der Waals surface area contributed by atoms with E-state index in [0.717, 1.165) is 16.3 Å². The summed E-state index contributed by atoms with van der Waals surface area (Å²) in [6.07, 6.45) is 0. The standard InChI is InChI=1S/C18H14FNO2/c1-22-15-10-9-14(16(17(15)19)18(20)21)13-8-4-6-11-5-2-3-7-12(11)13/h2-10H,1H3,(H2,20,21). The average Bonchev–Trinajstić information content (AvgIpc) is 2.53. The first-order valence-corrected chi connectivity index (χ1v) is 6.78. The molecule has 3 aromatic carbocycles. The lowest BCUT2D eigenvalue weighted by atomic mass is 9.94. The monoisotopic (exact) mass is 295 g/mol. The van der Waals surface area contributed by atoms with Crippen LogP contribution in [0.15, 0.2) is 54.6 Å². The maximum absolute atomic E-state index is 14.4. The highest BCUT2D eigenvalue weighted by molar-refractivity contribution is 6.05. The van der Waals surface area contributed by atoms with Gasteiger partial charge in [0, 0.05) is 0 Å². The molecule has 1 amide bonds. The summed E-state index contributed by atoms with van der Waals surface area (Å²) in [6, 6.07) is 16.5. The molecule has 3 nitrogen and oxygen atoms in total. The van der Waals surface area contributed by atoms with Gasteiger partial charge in [0.25, 0.3) is 5.91 Å². The number of primary amides is 1. The van der Waals surface area contributed by atoms with Gasteiger partial charge < -0.3 is 10.5 Å². The minimum absolute atomic E-state index is 0.00205. The van der Waals surface area contributed by atoms with E-state index in [1.54, 1.807) is 6.07 Å². The van der Waals surface area contributed by atoms with Gasteiger partial charge >= 0.3 is 0 Å². The van der Waals surface area contributed by atoms with E-state index in [1.165, 1.54) is 13.2 Å². The van der Waals surface area contributed by atoms with Crippen molar-refractivity contribution in [1.29, 1.82) is 0 Å². The molecule has 0 heterocycles. The summed E-state index contributed by atoms with van der Waals surface area (Å²) in [5.41, 5.74) is 6.45. The van der Waals surface area contributed by atoms with Gasteiger partial charge in [0.1, 0.15) is 0 Å². The lowest BCUT2D eigenvalue weighted by Crippen LogP contribution is -2.15. The zero-order valence-corrected chi connectivity index (χ0v) is 12.0. The third-order valence-electron chi connectivity index (χ3n) is 3.65. The Morgan fingerprint density at radius 1 is 1.00 bits per heavy atom. The fourth-order valence-corrected chi connectivity index (χ4v) is 2.64. The summed E-state index contributed by atoms with van der Waals surface area (Å²) in [5.74, 6) is -1.56. The Kier molecular flexibility index (Phi) is 3.51. The van der Waals surface area contributed by atoms with E-state index in [2.05, 4.69) is 0 Å². The fraction of sp³-hybridized carbons (Fsp3) is 0.0556. The maximum Gasteiger partial charge on any atom is 0.252 e. The minimum atomic E-state index is -0.820. The number of ether oxygens (including phenoxy) is 1. The SMILES string of the molecule is COc1ccc(-c2cccc3ccccc23)c(C(N)=O)c1F. The average molecular weight is 295 g/mol. The van der Waals surface area contributed by atoms with Crippen molar-refractivity contribution >= 4 is 16.7 Å². The molecule has 0 aliphatic carbocycles. The van der Waals surface area contributed by atoms with Crippen LogP contribution in [0.3, 0.4) is 0 Å². The first-order valence-electron chi connectivity index (χ1n) is 6.78. The van der Waals surface area contributed by atoms with Crippen molar-refractivity contribution in [3.63, 3.8) is 0 Å². The molecule has 22 heavy (non-hydrogen) atoms. The summed E-state index contributed by atoms with van der Waals surface area (Å²) in [7, 11) is 1.35. The number of hydrogen-bond acceptors (Lipinski definition) is 2. The van der Waals surface area contributed by atoms with E-state index < -0.39 is 11.7 Å². The first kappa shape index (κ1) is 14.1. The number of amides is 1. The molecule has 0 fully saturated rings. The summed E-state index contributed by atoms with van der Waals surface area (Å²) >= 11 is 0. The topological polar surface area (TPSA) is 52.3 Å². The van der Waals surface area contributed by atoms with Crippen LogP contribution >= 0.6 is 0 Å². The molecule has 0 aliphatic heterocycles. The molecule has 0 aromatic heterocycles. The Labute approximate surface area is 127 Å². The second kappa shape index (κ2) is 5.48. The van der Waals surface area contributed by atoms with E-state index in [9.17, 15) is 9.18 Å². The summed E-state index contributed by atoms with van der Waals surface area (Å²) in [4.78, 5) is 11.7. The number of fused-ring (bicyclic) bond motifs is 1. The van der Waals surface area contributed by atoms with Gasteiger partial charge in [0.15, 0.2) is 11.6 Å². The smallest absolute Gasteiger partial charge is 0.252 e. The van der Waals surface area contributed by atoms with Crippen LogP contribution in [-0.2, 0) is 0 Å². The van der Waals surface area contributed by atoms with E-state index in [1.807, 2.05) is 42.5 Å². The number of halogens is 1. The van der Waals surface area contributed by atoms with Crippen LogP contribution in [0.5, 0.6) is 5.75 Å². The third-order valence-corrected chi connectivity index (χ3v) is 3.65. The molecule has 0 spiro atoms. The van der Waals surface area contributed by atoms with Gasteiger partial charge in [-0.2, -0.15) is 0 Å². The Bertz CT molecular complexity index is 869. The number of methoxy groups -OCH3 is 1. The third kappa shape index (κ3) is 2.19. The molecule has 0 aliphatic rings. The molecule has 0 bridgehead atoms. The molecule has 0 unspecified atom stereocenters. The predicted molar refractivity (Wildman–Crippen MR) is 84.4 cm³/mol. The summed E-state index contributed by atoms with van der Waals surface area (Å²) in [5, 5.41) is 1.93. The Balaban J connectivity index is 2.36. The van der Waals surface area contributed by atoms with Crippen LogP contribution < -0.4 is 10.5 Å². The molecular weight excluding hydrogens is 281 g/mol. The van der Waals surface area contributed by atoms with Crippen molar-refractivity contribution in [3.05, 3.63) is 66.0 Å². The maximum atomic E-state index is 14.4. The van der Waals surface area contributed by atoms with Crippen LogP contribution in [0.1, 0.15) is 10.4 Å². The van der Waals surface area contributed by atoms with Crippen molar-refractivity contribution in [1.82, 2.24) is 0 Å². The highest BCUT2D eigenvalue weighted by atomic mass is 19.1. The molecule has 0 saturated heterocycles. The van der Waals surface area contributed by atoms with Gasteiger partial charge in [0.2, 0.25) is 0 Å². The van der Waals surface area contributed by atoms with Gasteiger partial charge in [-0.1, -0.05) is 42.5 Å². The van der Waals surface area contributed by atoms with Crippen molar-refractivity contribution < 1.29 is 13.9 Å². The fourth-order valence-electron chi connectivity index (χ4n) is 2.64. The van der Waals surface area contributed by atoms with E-state index in [-0.39, 0.29) is 11.3 Å². The highest BCUT2D eigenvalue weighted by Crippen LogP contribution is 2.34. The molecule has 2 N–H and O–H groups in total. The quantitative estimate of drug-likeness (QED) is 0.800. The van der Waals surface area contributed by atoms with Crippen molar-refractivity contribution in [2.75, 3.05) is 7.11 Å². The van der Waals surface area contributed by atoms with E-state index in [0.29, 0.717) is 5.56 Å². The molecule has 110 valence electrons. The van der Waals surface area contributed by atoms with Crippen molar-refractivity contribution in [2.45, 2.75) is 0 Å². The number of carbonyl (C=O) groups is 1. The van der Waals surface area contributed by atoms with Crippen LogP contribution in [0, 0.1) is 5.82 Å². The minimum Gasteiger partial charge on any atom is -0.494 e. The summed E-state index contributed by atoms with van der Waals surface area (Å²) < 4.78 is 19.4. The van der Waals surface area contributed by atoms with Crippen molar-refractivity contribution in [3.8, 4) is 16.9 Å². The zero-order chi connectivity index (χ0) is 15.7. The van der Waals surface area contributed by atoms with E-state index in [4.69, 9.17) is 10.5 Å². The van der Waals surface area contributed by atoms with Crippen LogP contribution in [0.4, 0.5) is 4.39 Å². The highest BCUT2D eigenvalue weighted by Gasteiger charge is 2.20. The first-order chi connectivity index (χ1) is 10.6. The van der Waals surface area contributed by atoms with Crippen LogP contribution in [-0.4, -0.2) is 13.0 Å². The molecule has 3 aromatic rings. The zero-order valence-electron chi connectivity index (χ0n) is 12.0. The molecule has 0 radical (unpaired) electrons. The Morgan fingerprint density at radius 2 is 1.73 bits per heavy atom. The van der Waals surface area contributed by atoms with Gasteiger partial charge in [-0.3, -0.25) is 4.79 Å².